The van der Waals surface area contributed by atoms with E-state index in [1.807, 2.05) is 13.8 Å². The number of halogens is 1. The van der Waals surface area contributed by atoms with Crippen LogP contribution in [0, 0.1) is 17.3 Å². The number of hydrogen-bond acceptors (Lipinski definition) is 2. The molecule has 0 aromatic rings. The van der Waals surface area contributed by atoms with Gasteiger partial charge < -0.3 is 4.74 Å². The van der Waals surface area contributed by atoms with Crippen LogP contribution in [0.5, 0.6) is 0 Å². The molecule has 0 rings (SSSR count). The van der Waals surface area contributed by atoms with E-state index in [0.29, 0.717) is 5.33 Å². The number of methoxy groups -OCH3 is 1. The van der Waals surface area contributed by atoms with Crippen LogP contribution in [0.25, 0.3) is 0 Å². The Balaban J connectivity index is 3.82. The second-order valence-corrected chi connectivity index (χ2v) is 4.28. The molecule has 0 aliphatic rings. The highest BCUT2D eigenvalue weighted by Gasteiger charge is 2.27. The zero-order chi connectivity index (χ0) is 11.0. The Morgan fingerprint density at radius 3 is 2.57 bits per heavy atom. The lowest BCUT2D eigenvalue weighted by Crippen LogP contribution is -2.25. The Kier molecular flexibility index (Phi) is 6.65. The van der Waals surface area contributed by atoms with E-state index in [4.69, 9.17) is 4.74 Å². The Morgan fingerprint density at radius 2 is 2.07 bits per heavy atom. The molecule has 0 atom stereocenters. The van der Waals surface area contributed by atoms with Crippen LogP contribution in [0.1, 0.15) is 33.1 Å². The van der Waals surface area contributed by atoms with Crippen molar-refractivity contribution >= 4 is 21.9 Å². The van der Waals surface area contributed by atoms with Crippen molar-refractivity contribution < 1.29 is 9.53 Å². The molecule has 0 aromatic carbocycles. The average Bonchev–Trinajstić information content (AvgIpc) is 2.16. The molecule has 0 radical (unpaired) electrons. The van der Waals surface area contributed by atoms with Crippen molar-refractivity contribution in [1.29, 1.82) is 0 Å². The third-order valence-corrected chi connectivity index (χ3v) is 2.31. The first-order valence-electron chi connectivity index (χ1n) is 4.64. The summed E-state index contributed by atoms with van der Waals surface area (Å²) in [5, 5.41) is 0.716. The van der Waals surface area contributed by atoms with Crippen LogP contribution in [0.2, 0.25) is 0 Å². The van der Waals surface area contributed by atoms with Crippen molar-refractivity contribution in [2.24, 2.45) is 5.41 Å². The number of carbonyl (C=O) groups is 1. The Labute approximate surface area is 94.5 Å². The summed E-state index contributed by atoms with van der Waals surface area (Å²) in [4.78, 5) is 11.3. The van der Waals surface area contributed by atoms with E-state index in [1.165, 1.54) is 7.11 Å². The highest BCUT2D eigenvalue weighted by molar-refractivity contribution is 9.09. The minimum atomic E-state index is -0.384. The first-order chi connectivity index (χ1) is 6.54. The quantitative estimate of drug-likeness (QED) is 0.336. The molecule has 0 saturated carbocycles. The van der Waals surface area contributed by atoms with Gasteiger partial charge in [0.05, 0.1) is 17.9 Å². The van der Waals surface area contributed by atoms with E-state index in [1.54, 1.807) is 0 Å². The molecule has 0 amide bonds. The first-order valence-corrected chi connectivity index (χ1v) is 5.77. The molecule has 0 fully saturated rings. The summed E-state index contributed by atoms with van der Waals surface area (Å²) in [6.07, 6.45) is 2.59. The Morgan fingerprint density at radius 1 is 1.43 bits per heavy atom. The Hall–Kier alpha value is -0.490. The monoisotopic (exact) mass is 260 g/mol. The van der Waals surface area contributed by atoms with Gasteiger partial charge in [-0.25, -0.2) is 0 Å². The van der Waals surface area contributed by atoms with Crippen LogP contribution in [0.3, 0.4) is 0 Å². The lowest BCUT2D eigenvalue weighted by molar-refractivity contribution is -0.151. The minimum absolute atomic E-state index is 0.147. The molecule has 0 spiro atoms. The molecule has 0 saturated heterocycles. The fraction of sp³-hybridized carbons (Fsp3) is 0.727. The van der Waals surface area contributed by atoms with Gasteiger partial charge in [-0.3, -0.25) is 4.79 Å². The number of esters is 1. The van der Waals surface area contributed by atoms with E-state index >= 15 is 0 Å². The number of rotatable bonds is 4. The second kappa shape index (κ2) is 6.89. The maximum absolute atomic E-state index is 11.3. The molecule has 0 unspecified atom stereocenters. The molecule has 14 heavy (non-hydrogen) atoms. The topological polar surface area (TPSA) is 26.3 Å². The maximum atomic E-state index is 11.3. The SMILES string of the molecule is COC(=O)C(C)(C)CCCC#CCBr. The van der Waals surface area contributed by atoms with Gasteiger partial charge in [-0.15, -0.1) is 5.92 Å². The van der Waals surface area contributed by atoms with Gasteiger partial charge in [0, 0.05) is 6.42 Å². The number of ether oxygens (including phenoxy) is 1. The summed E-state index contributed by atoms with van der Waals surface area (Å²) in [6, 6.07) is 0. The summed E-state index contributed by atoms with van der Waals surface area (Å²) < 4.78 is 4.71. The van der Waals surface area contributed by atoms with Crippen LogP contribution in [-0.4, -0.2) is 18.4 Å². The molecule has 0 bridgehead atoms. The molecule has 0 aromatic heterocycles. The van der Waals surface area contributed by atoms with Crippen LogP contribution < -0.4 is 0 Å². The summed E-state index contributed by atoms with van der Waals surface area (Å²) in [5.74, 6) is 5.80. The molecule has 0 aliphatic heterocycles. The zero-order valence-corrected chi connectivity index (χ0v) is 10.6. The van der Waals surface area contributed by atoms with E-state index in [0.717, 1.165) is 19.3 Å². The van der Waals surface area contributed by atoms with E-state index in [-0.39, 0.29) is 11.4 Å². The van der Waals surface area contributed by atoms with Crippen molar-refractivity contribution in [2.45, 2.75) is 33.1 Å². The molecule has 80 valence electrons. The Bertz CT molecular complexity index is 235. The fourth-order valence-electron chi connectivity index (χ4n) is 1.13. The van der Waals surface area contributed by atoms with Crippen LogP contribution in [0.4, 0.5) is 0 Å². The maximum Gasteiger partial charge on any atom is 0.311 e. The van der Waals surface area contributed by atoms with Crippen molar-refractivity contribution in [1.82, 2.24) is 0 Å². The minimum Gasteiger partial charge on any atom is -0.469 e. The van der Waals surface area contributed by atoms with Gasteiger partial charge in [-0.05, 0) is 26.7 Å². The standard InChI is InChI=1S/C11H17BrO2/c1-11(2,10(13)14-3)8-6-4-5-7-9-12/h4,6,8-9H2,1-3H3. The second-order valence-electron chi connectivity index (χ2n) is 3.72. The van der Waals surface area contributed by atoms with E-state index in [2.05, 4.69) is 27.8 Å². The number of unbranched alkanes of at least 4 members (excludes halogenated alkanes) is 1. The lowest BCUT2D eigenvalue weighted by atomic mass is 9.87. The summed E-state index contributed by atoms with van der Waals surface area (Å²) >= 11 is 3.23. The molecule has 0 heterocycles. The van der Waals surface area contributed by atoms with Gasteiger partial charge in [-0.1, -0.05) is 21.9 Å². The third kappa shape index (κ3) is 5.29. The van der Waals surface area contributed by atoms with Crippen LogP contribution in [0.15, 0.2) is 0 Å². The largest absolute Gasteiger partial charge is 0.469 e. The fourth-order valence-corrected chi connectivity index (χ4v) is 1.33. The van der Waals surface area contributed by atoms with Gasteiger partial charge in [0.1, 0.15) is 0 Å². The summed E-state index contributed by atoms with van der Waals surface area (Å²) in [5.41, 5.74) is -0.384. The van der Waals surface area contributed by atoms with Crippen molar-refractivity contribution in [3.05, 3.63) is 0 Å². The molecular formula is C11H17BrO2. The van der Waals surface area contributed by atoms with Gasteiger partial charge in [0.25, 0.3) is 0 Å². The van der Waals surface area contributed by atoms with E-state index in [9.17, 15) is 4.79 Å². The molecule has 0 N–H and O–H groups in total. The number of carbonyl (C=O) groups excluding carboxylic acids is 1. The molecule has 3 heteroatoms. The van der Waals surface area contributed by atoms with E-state index < -0.39 is 0 Å². The van der Waals surface area contributed by atoms with Gasteiger partial charge in [-0.2, -0.15) is 0 Å². The molecular weight excluding hydrogens is 244 g/mol. The normalized spacial score (nSPS) is 10.3. The molecule has 0 aliphatic carbocycles. The van der Waals surface area contributed by atoms with Crippen molar-refractivity contribution in [3.8, 4) is 11.8 Å². The highest BCUT2D eigenvalue weighted by atomic mass is 79.9. The lowest BCUT2D eigenvalue weighted by Gasteiger charge is -2.20. The number of alkyl halides is 1. The first kappa shape index (κ1) is 13.5. The predicted octanol–water partition coefficient (Wildman–Crippen LogP) is 2.75. The van der Waals surface area contributed by atoms with Gasteiger partial charge >= 0.3 is 5.97 Å². The smallest absolute Gasteiger partial charge is 0.311 e. The number of hydrogen-bond donors (Lipinski definition) is 0. The third-order valence-electron chi connectivity index (χ3n) is 2.03. The van der Waals surface area contributed by atoms with Crippen molar-refractivity contribution in [2.75, 3.05) is 12.4 Å². The highest BCUT2D eigenvalue weighted by Crippen LogP contribution is 2.24. The van der Waals surface area contributed by atoms with Crippen molar-refractivity contribution in [3.63, 3.8) is 0 Å². The van der Waals surface area contributed by atoms with Gasteiger partial charge in [0.2, 0.25) is 0 Å². The van der Waals surface area contributed by atoms with Crippen LogP contribution in [-0.2, 0) is 9.53 Å². The summed E-state index contributed by atoms with van der Waals surface area (Å²) in [6.45, 7) is 3.80. The summed E-state index contributed by atoms with van der Waals surface area (Å²) in [7, 11) is 1.43. The van der Waals surface area contributed by atoms with Crippen LogP contribution >= 0.6 is 15.9 Å². The average molecular weight is 261 g/mol. The molecule has 2 nitrogen and oxygen atoms in total. The van der Waals surface area contributed by atoms with Gasteiger partial charge in [0.15, 0.2) is 0 Å². The zero-order valence-electron chi connectivity index (χ0n) is 9.02. The predicted molar refractivity (Wildman–Crippen MR) is 61.2 cm³/mol.